The number of nitrogens with zero attached hydrogens (tertiary/aromatic N) is 2. The van der Waals surface area contributed by atoms with Crippen molar-refractivity contribution in [3.05, 3.63) is 47.8 Å². The predicted molar refractivity (Wildman–Crippen MR) is 81.6 cm³/mol. The van der Waals surface area contributed by atoms with E-state index in [4.69, 9.17) is 0 Å². The van der Waals surface area contributed by atoms with Gasteiger partial charge in [-0.1, -0.05) is 13.8 Å². The molecule has 0 aliphatic heterocycles. The number of aromatic amines is 2. The van der Waals surface area contributed by atoms with Crippen LogP contribution in [0, 0.1) is 0 Å². The SMILES string of the molecule is CCN(CC)S(=O)(=O)c1ccc(C(=O)N=c2[nH]cc[nH]2)cc1. The lowest BCUT2D eigenvalue weighted by Gasteiger charge is -2.18. The van der Waals surface area contributed by atoms with Crippen LogP contribution in [0.3, 0.4) is 0 Å². The summed E-state index contributed by atoms with van der Waals surface area (Å²) in [6.45, 7) is 4.37. The maximum absolute atomic E-state index is 12.3. The van der Waals surface area contributed by atoms with E-state index in [1.54, 1.807) is 26.2 Å². The minimum Gasteiger partial charge on any atom is -0.331 e. The van der Waals surface area contributed by atoms with Crippen molar-refractivity contribution in [3.8, 4) is 0 Å². The van der Waals surface area contributed by atoms with Crippen molar-refractivity contribution in [1.29, 1.82) is 0 Å². The number of hydrogen-bond donors (Lipinski definition) is 2. The zero-order chi connectivity index (χ0) is 16.2. The van der Waals surface area contributed by atoms with E-state index in [-0.39, 0.29) is 4.90 Å². The van der Waals surface area contributed by atoms with Crippen LogP contribution in [0.4, 0.5) is 0 Å². The second-order valence-corrected chi connectivity index (χ2v) is 6.44. The van der Waals surface area contributed by atoms with Crippen LogP contribution in [0.1, 0.15) is 24.2 Å². The fraction of sp³-hybridized carbons (Fsp3) is 0.286. The zero-order valence-electron chi connectivity index (χ0n) is 12.4. The Bertz CT molecular complexity index is 782. The summed E-state index contributed by atoms with van der Waals surface area (Å²) >= 11 is 0. The van der Waals surface area contributed by atoms with E-state index >= 15 is 0 Å². The Kier molecular flexibility index (Phi) is 4.94. The molecule has 1 amide bonds. The molecular formula is C14H18N4O3S. The molecule has 0 aliphatic carbocycles. The van der Waals surface area contributed by atoms with E-state index in [0.717, 1.165) is 0 Å². The number of rotatable bonds is 5. The van der Waals surface area contributed by atoms with E-state index < -0.39 is 15.9 Å². The van der Waals surface area contributed by atoms with Crippen LogP contribution in [-0.4, -0.2) is 41.7 Å². The van der Waals surface area contributed by atoms with Crippen molar-refractivity contribution < 1.29 is 13.2 Å². The van der Waals surface area contributed by atoms with Gasteiger partial charge in [-0.3, -0.25) is 4.79 Å². The number of hydrogen-bond acceptors (Lipinski definition) is 3. The van der Waals surface area contributed by atoms with Gasteiger partial charge in [0.2, 0.25) is 15.6 Å². The Morgan fingerprint density at radius 3 is 2.14 bits per heavy atom. The van der Waals surface area contributed by atoms with E-state index in [0.29, 0.717) is 24.3 Å². The topological polar surface area (TPSA) is 98.4 Å². The second-order valence-electron chi connectivity index (χ2n) is 4.50. The van der Waals surface area contributed by atoms with Crippen LogP contribution in [0.25, 0.3) is 0 Å². The lowest BCUT2D eigenvalue weighted by Crippen LogP contribution is -2.30. The second kappa shape index (κ2) is 6.71. The van der Waals surface area contributed by atoms with Gasteiger partial charge in [0.05, 0.1) is 4.90 Å². The van der Waals surface area contributed by atoms with Crippen LogP contribution in [0.5, 0.6) is 0 Å². The molecule has 0 spiro atoms. The molecular weight excluding hydrogens is 304 g/mol. The smallest absolute Gasteiger partial charge is 0.280 e. The van der Waals surface area contributed by atoms with Crippen LogP contribution >= 0.6 is 0 Å². The highest BCUT2D eigenvalue weighted by atomic mass is 32.2. The summed E-state index contributed by atoms with van der Waals surface area (Å²) in [6.07, 6.45) is 3.23. The van der Waals surface area contributed by atoms with Crippen molar-refractivity contribution in [2.24, 2.45) is 4.99 Å². The Hall–Kier alpha value is -2.19. The van der Waals surface area contributed by atoms with E-state index in [1.165, 1.54) is 28.6 Å². The first kappa shape index (κ1) is 16.2. The fourth-order valence-electron chi connectivity index (χ4n) is 2.00. The molecule has 2 N–H and O–H groups in total. The summed E-state index contributed by atoms with van der Waals surface area (Å²) in [4.78, 5) is 21.5. The van der Waals surface area contributed by atoms with E-state index in [1.807, 2.05) is 0 Å². The van der Waals surface area contributed by atoms with E-state index in [9.17, 15) is 13.2 Å². The Labute approximate surface area is 128 Å². The Morgan fingerprint density at radius 2 is 1.64 bits per heavy atom. The molecule has 22 heavy (non-hydrogen) atoms. The molecule has 1 heterocycles. The summed E-state index contributed by atoms with van der Waals surface area (Å²) < 4.78 is 26.0. The molecule has 2 aromatic rings. The number of carbonyl (C=O) groups excluding carboxylic acids is 1. The maximum Gasteiger partial charge on any atom is 0.280 e. The number of imidazole rings is 1. The van der Waals surface area contributed by atoms with Gasteiger partial charge in [-0.25, -0.2) is 8.42 Å². The highest BCUT2D eigenvalue weighted by molar-refractivity contribution is 7.89. The molecule has 0 saturated carbocycles. The number of amides is 1. The highest BCUT2D eigenvalue weighted by Gasteiger charge is 2.21. The van der Waals surface area contributed by atoms with Gasteiger partial charge in [-0.2, -0.15) is 9.30 Å². The van der Waals surface area contributed by atoms with Gasteiger partial charge in [-0.15, -0.1) is 0 Å². The third kappa shape index (κ3) is 3.34. The first-order valence-electron chi connectivity index (χ1n) is 6.90. The Morgan fingerprint density at radius 1 is 1.09 bits per heavy atom. The molecule has 0 bridgehead atoms. The fourth-order valence-corrected chi connectivity index (χ4v) is 3.45. The first-order chi connectivity index (χ1) is 10.5. The van der Waals surface area contributed by atoms with E-state index in [2.05, 4.69) is 15.0 Å². The van der Waals surface area contributed by atoms with Gasteiger partial charge in [0.25, 0.3) is 5.91 Å². The van der Waals surface area contributed by atoms with Crippen molar-refractivity contribution in [2.45, 2.75) is 18.7 Å². The standard InChI is InChI=1S/C14H18N4O3S/c1-3-18(4-2)22(20,21)12-7-5-11(6-8-12)13(19)17-14-15-9-10-16-14/h5-10H,3-4H2,1-2H3,(H2,15,16,17,19). The van der Waals surface area contributed by atoms with Gasteiger partial charge in [0.15, 0.2) is 0 Å². The molecule has 0 aliphatic rings. The summed E-state index contributed by atoms with van der Waals surface area (Å²) in [7, 11) is -3.51. The van der Waals surface area contributed by atoms with Gasteiger partial charge in [-0.05, 0) is 24.3 Å². The van der Waals surface area contributed by atoms with Crippen LogP contribution < -0.4 is 5.62 Å². The number of aromatic nitrogens is 2. The molecule has 0 radical (unpaired) electrons. The minimum atomic E-state index is -3.51. The summed E-state index contributed by atoms with van der Waals surface area (Å²) in [5, 5.41) is 0. The lowest BCUT2D eigenvalue weighted by atomic mass is 10.2. The minimum absolute atomic E-state index is 0.166. The predicted octanol–water partition coefficient (Wildman–Crippen LogP) is 1.11. The van der Waals surface area contributed by atoms with Crippen LogP contribution in [0.2, 0.25) is 0 Å². The first-order valence-corrected chi connectivity index (χ1v) is 8.34. The normalized spacial score (nSPS) is 11.6. The molecule has 1 aromatic carbocycles. The maximum atomic E-state index is 12.3. The number of sulfonamides is 1. The van der Waals surface area contributed by atoms with Crippen molar-refractivity contribution >= 4 is 15.9 Å². The van der Waals surface area contributed by atoms with Crippen LogP contribution in [0.15, 0.2) is 46.5 Å². The molecule has 2 rings (SSSR count). The molecule has 7 nitrogen and oxygen atoms in total. The van der Waals surface area contributed by atoms with Crippen molar-refractivity contribution in [3.63, 3.8) is 0 Å². The molecule has 0 unspecified atom stereocenters. The summed E-state index contributed by atoms with van der Waals surface area (Å²) in [5.74, 6) is -0.453. The summed E-state index contributed by atoms with van der Waals surface area (Å²) in [6, 6.07) is 5.78. The molecule has 0 saturated heterocycles. The molecule has 0 atom stereocenters. The lowest BCUT2D eigenvalue weighted by molar-refractivity contribution is 0.0997. The van der Waals surface area contributed by atoms with Crippen LogP contribution in [-0.2, 0) is 10.0 Å². The number of benzene rings is 1. The van der Waals surface area contributed by atoms with Crippen molar-refractivity contribution in [2.75, 3.05) is 13.1 Å². The van der Waals surface area contributed by atoms with Crippen molar-refractivity contribution in [1.82, 2.24) is 14.3 Å². The summed E-state index contributed by atoms with van der Waals surface area (Å²) in [5.41, 5.74) is 0.659. The number of H-pyrrole nitrogens is 2. The molecule has 118 valence electrons. The quantitative estimate of drug-likeness (QED) is 0.863. The zero-order valence-corrected chi connectivity index (χ0v) is 13.2. The molecule has 8 heteroatoms. The average molecular weight is 322 g/mol. The third-order valence-electron chi connectivity index (χ3n) is 3.18. The van der Waals surface area contributed by atoms with Gasteiger partial charge in [0.1, 0.15) is 0 Å². The monoisotopic (exact) mass is 322 g/mol. The molecule has 1 aromatic heterocycles. The van der Waals surface area contributed by atoms with Gasteiger partial charge < -0.3 is 9.97 Å². The number of carbonyl (C=O) groups is 1. The third-order valence-corrected chi connectivity index (χ3v) is 5.25. The molecule has 0 fully saturated rings. The van der Waals surface area contributed by atoms with Gasteiger partial charge in [0, 0.05) is 31.0 Å². The largest absolute Gasteiger partial charge is 0.331 e. The Balaban J connectivity index is 2.28. The highest BCUT2D eigenvalue weighted by Crippen LogP contribution is 2.16. The average Bonchev–Trinajstić information content (AvgIpc) is 3.01. The number of nitrogens with one attached hydrogen (secondary N) is 2. The van der Waals surface area contributed by atoms with Gasteiger partial charge >= 0.3 is 0 Å².